The molecular formula is C12H20BrN5O. The number of aliphatic hydroxyl groups excluding tert-OH is 1. The normalized spacial score (nSPS) is 27.1. The van der Waals surface area contributed by atoms with Crippen molar-refractivity contribution in [2.75, 3.05) is 17.3 Å². The summed E-state index contributed by atoms with van der Waals surface area (Å²) in [6, 6.07) is 0. The third-order valence-corrected chi connectivity index (χ3v) is 4.59. The van der Waals surface area contributed by atoms with Crippen LogP contribution in [0.25, 0.3) is 0 Å². The molecule has 0 unspecified atom stereocenters. The van der Waals surface area contributed by atoms with Crippen LogP contribution < -0.4 is 16.6 Å². The van der Waals surface area contributed by atoms with Crippen LogP contribution in [-0.4, -0.2) is 27.2 Å². The number of hydrazine groups is 1. The topological polar surface area (TPSA) is 96.1 Å². The summed E-state index contributed by atoms with van der Waals surface area (Å²) in [4.78, 5) is 8.23. The lowest BCUT2D eigenvalue weighted by Gasteiger charge is -2.39. The highest BCUT2D eigenvalue weighted by Crippen LogP contribution is 2.36. The summed E-state index contributed by atoms with van der Waals surface area (Å²) in [5, 5.41) is 13.1. The lowest BCUT2D eigenvalue weighted by atomic mass is 9.77. The molecular weight excluding hydrogens is 310 g/mol. The van der Waals surface area contributed by atoms with Crippen molar-refractivity contribution >= 4 is 27.6 Å². The Hall–Kier alpha value is -0.920. The first-order valence-electron chi connectivity index (χ1n) is 6.46. The van der Waals surface area contributed by atoms with Gasteiger partial charge in [-0.15, -0.1) is 0 Å². The van der Waals surface area contributed by atoms with Crippen LogP contribution in [0.4, 0.5) is 11.6 Å². The number of nitrogen functional groups attached to an aromatic ring is 1. The fourth-order valence-electron chi connectivity index (χ4n) is 2.45. The molecule has 0 radical (unpaired) electrons. The van der Waals surface area contributed by atoms with E-state index in [0.717, 1.165) is 31.6 Å². The predicted octanol–water partition coefficient (Wildman–Crippen LogP) is 1.88. The molecule has 0 spiro atoms. The van der Waals surface area contributed by atoms with E-state index < -0.39 is 0 Å². The molecule has 2 rings (SSSR count). The molecule has 7 heteroatoms. The van der Waals surface area contributed by atoms with Gasteiger partial charge in [-0.2, -0.15) is 0 Å². The largest absolute Gasteiger partial charge is 0.394 e. The predicted molar refractivity (Wildman–Crippen MR) is 78.6 cm³/mol. The standard InChI is InChI=1S/C12H20BrN5O/c1-8-2-4-12(6-19,5-3-8)17-10-9(13)11(18-14)16-7-15-10/h7-8,19H,2-6,14H2,1H3,(H2,15,16,17,18). The van der Waals surface area contributed by atoms with Gasteiger partial charge in [0.1, 0.15) is 16.6 Å². The Bertz CT molecular complexity index is 434. The van der Waals surface area contributed by atoms with E-state index >= 15 is 0 Å². The van der Waals surface area contributed by atoms with Crippen molar-refractivity contribution in [3.63, 3.8) is 0 Å². The Morgan fingerprint density at radius 3 is 2.63 bits per heavy atom. The van der Waals surface area contributed by atoms with Crippen LogP contribution in [-0.2, 0) is 0 Å². The first kappa shape index (κ1) is 14.5. The molecule has 1 heterocycles. The van der Waals surface area contributed by atoms with Gasteiger partial charge in [0.15, 0.2) is 5.82 Å². The Morgan fingerprint density at radius 2 is 2.05 bits per heavy atom. The second-order valence-electron chi connectivity index (χ2n) is 5.28. The molecule has 0 aromatic carbocycles. The zero-order chi connectivity index (χ0) is 13.9. The van der Waals surface area contributed by atoms with Gasteiger partial charge in [0.25, 0.3) is 0 Å². The van der Waals surface area contributed by atoms with Crippen LogP contribution in [0.2, 0.25) is 0 Å². The summed E-state index contributed by atoms with van der Waals surface area (Å²) in [5.41, 5.74) is 2.21. The van der Waals surface area contributed by atoms with Gasteiger partial charge in [0.2, 0.25) is 0 Å². The molecule has 1 aliphatic rings. The number of halogens is 1. The summed E-state index contributed by atoms with van der Waals surface area (Å²) in [6.45, 7) is 2.35. The van der Waals surface area contributed by atoms with Gasteiger partial charge in [-0.05, 0) is 47.5 Å². The number of hydrogen-bond donors (Lipinski definition) is 4. The van der Waals surface area contributed by atoms with Crippen molar-refractivity contribution in [3.05, 3.63) is 10.8 Å². The zero-order valence-electron chi connectivity index (χ0n) is 11.0. The minimum Gasteiger partial charge on any atom is -0.394 e. The second-order valence-corrected chi connectivity index (χ2v) is 6.07. The van der Waals surface area contributed by atoms with Gasteiger partial charge < -0.3 is 15.8 Å². The van der Waals surface area contributed by atoms with Gasteiger partial charge in [-0.25, -0.2) is 15.8 Å². The molecule has 0 atom stereocenters. The van der Waals surface area contributed by atoms with Crippen LogP contribution in [0.1, 0.15) is 32.6 Å². The summed E-state index contributed by atoms with van der Waals surface area (Å²) in [6.07, 6.45) is 5.54. The number of rotatable bonds is 4. The van der Waals surface area contributed by atoms with Crippen molar-refractivity contribution in [3.8, 4) is 0 Å². The van der Waals surface area contributed by atoms with Gasteiger partial charge >= 0.3 is 0 Å². The van der Waals surface area contributed by atoms with Crippen LogP contribution in [0.15, 0.2) is 10.8 Å². The highest BCUT2D eigenvalue weighted by molar-refractivity contribution is 9.10. The molecule has 106 valence electrons. The van der Waals surface area contributed by atoms with Crippen LogP contribution in [0.5, 0.6) is 0 Å². The average Bonchev–Trinajstić information content (AvgIpc) is 2.44. The van der Waals surface area contributed by atoms with Crippen LogP contribution in [0.3, 0.4) is 0 Å². The molecule has 19 heavy (non-hydrogen) atoms. The summed E-state index contributed by atoms with van der Waals surface area (Å²) in [7, 11) is 0. The molecule has 1 aromatic rings. The molecule has 5 N–H and O–H groups in total. The van der Waals surface area contributed by atoms with E-state index in [0.29, 0.717) is 16.1 Å². The van der Waals surface area contributed by atoms with E-state index in [-0.39, 0.29) is 12.1 Å². The Kier molecular flexibility index (Phi) is 4.59. The van der Waals surface area contributed by atoms with Crippen molar-refractivity contribution in [2.45, 2.75) is 38.1 Å². The third kappa shape index (κ3) is 3.16. The Balaban J connectivity index is 2.19. The number of aromatic nitrogens is 2. The van der Waals surface area contributed by atoms with Crippen molar-refractivity contribution in [1.29, 1.82) is 0 Å². The quantitative estimate of drug-likeness (QED) is 0.497. The third-order valence-electron chi connectivity index (χ3n) is 3.84. The van der Waals surface area contributed by atoms with Crippen LogP contribution in [0, 0.1) is 5.92 Å². The Morgan fingerprint density at radius 1 is 1.42 bits per heavy atom. The van der Waals surface area contributed by atoms with Crippen molar-refractivity contribution in [1.82, 2.24) is 9.97 Å². The lowest BCUT2D eigenvalue weighted by Crippen LogP contribution is -2.45. The molecule has 1 aliphatic carbocycles. The molecule has 0 aliphatic heterocycles. The number of nitrogens with one attached hydrogen (secondary N) is 2. The maximum atomic E-state index is 9.74. The van der Waals surface area contributed by atoms with E-state index in [4.69, 9.17) is 5.84 Å². The van der Waals surface area contributed by atoms with Gasteiger partial charge in [-0.3, -0.25) is 0 Å². The second kappa shape index (κ2) is 6.02. The molecule has 6 nitrogen and oxygen atoms in total. The highest BCUT2D eigenvalue weighted by Gasteiger charge is 2.34. The fourth-order valence-corrected chi connectivity index (χ4v) is 2.86. The van der Waals surface area contributed by atoms with Crippen molar-refractivity contribution < 1.29 is 5.11 Å². The monoisotopic (exact) mass is 329 g/mol. The summed E-state index contributed by atoms with van der Waals surface area (Å²) < 4.78 is 0.684. The number of anilines is 2. The van der Waals surface area contributed by atoms with E-state index in [1.165, 1.54) is 6.33 Å². The van der Waals surface area contributed by atoms with E-state index in [1.807, 2.05) is 0 Å². The van der Waals surface area contributed by atoms with E-state index in [2.05, 4.69) is 43.6 Å². The molecule has 0 amide bonds. The van der Waals surface area contributed by atoms with Crippen molar-refractivity contribution in [2.24, 2.45) is 11.8 Å². The first-order chi connectivity index (χ1) is 9.10. The van der Waals surface area contributed by atoms with E-state index in [1.54, 1.807) is 0 Å². The summed E-state index contributed by atoms with van der Waals surface area (Å²) >= 11 is 3.42. The van der Waals surface area contributed by atoms with Gasteiger partial charge in [-0.1, -0.05) is 6.92 Å². The lowest BCUT2D eigenvalue weighted by molar-refractivity contribution is 0.155. The minimum atomic E-state index is -0.296. The SMILES string of the molecule is CC1CCC(CO)(Nc2ncnc(NN)c2Br)CC1. The Labute approximate surface area is 121 Å². The molecule has 0 bridgehead atoms. The number of hydrogen-bond acceptors (Lipinski definition) is 6. The minimum absolute atomic E-state index is 0.0988. The highest BCUT2D eigenvalue weighted by atomic mass is 79.9. The molecule has 1 saturated carbocycles. The van der Waals surface area contributed by atoms with Gasteiger partial charge in [0.05, 0.1) is 12.1 Å². The zero-order valence-corrected chi connectivity index (χ0v) is 12.6. The maximum Gasteiger partial charge on any atom is 0.159 e. The smallest absolute Gasteiger partial charge is 0.159 e. The first-order valence-corrected chi connectivity index (χ1v) is 7.26. The number of aliphatic hydroxyl groups is 1. The summed E-state index contributed by atoms with van der Waals surface area (Å²) in [5.74, 6) is 7.29. The number of nitrogens with two attached hydrogens (primary N) is 1. The fraction of sp³-hybridized carbons (Fsp3) is 0.667. The average molecular weight is 330 g/mol. The molecule has 1 aromatic heterocycles. The van der Waals surface area contributed by atoms with E-state index in [9.17, 15) is 5.11 Å². The molecule has 1 fully saturated rings. The number of nitrogens with zero attached hydrogens (tertiary/aromatic N) is 2. The maximum absolute atomic E-state index is 9.74. The molecule has 0 saturated heterocycles. The van der Waals surface area contributed by atoms with Crippen LogP contribution >= 0.6 is 15.9 Å². The van der Waals surface area contributed by atoms with Gasteiger partial charge in [0, 0.05) is 0 Å².